The van der Waals surface area contributed by atoms with E-state index in [1.807, 2.05) is 38.1 Å². The zero-order valence-corrected chi connectivity index (χ0v) is 14.4. The van der Waals surface area contributed by atoms with Gasteiger partial charge in [-0.05, 0) is 31.5 Å². The molecule has 2 aromatic rings. The molecule has 0 amide bonds. The molecule has 0 aliphatic carbocycles. The Hall–Kier alpha value is -1.17. The summed E-state index contributed by atoms with van der Waals surface area (Å²) in [4.78, 5) is 0.283. The summed E-state index contributed by atoms with van der Waals surface area (Å²) >= 11 is 3.38. The summed E-state index contributed by atoms with van der Waals surface area (Å²) < 4.78 is 27.6. The van der Waals surface area contributed by atoms with Crippen LogP contribution in [0.25, 0.3) is 0 Å². The maximum Gasteiger partial charge on any atom is 0.241 e. The van der Waals surface area contributed by atoms with Gasteiger partial charge in [-0.25, -0.2) is 13.1 Å². The number of sulfonamides is 1. The SMILES string of the molecule is Cc1ccc(C(CBr)NS(=O)(=O)c2ccc(C)cc2)cc1. The minimum Gasteiger partial charge on any atom is -0.207 e. The highest BCUT2D eigenvalue weighted by Crippen LogP contribution is 2.20. The molecule has 2 rings (SSSR count). The van der Waals surface area contributed by atoms with Gasteiger partial charge in [0, 0.05) is 5.33 Å². The summed E-state index contributed by atoms with van der Waals surface area (Å²) in [6.45, 7) is 3.93. The Labute approximate surface area is 134 Å². The smallest absolute Gasteiger partial charge is 0.207 e. The molecular formula is C16H18BrNO2S. The highest BCUT2D eigenvalue weighted by atomic mass is 79.9. The third-order valence-electron chi connectivity index (χ3n) is 3.26. The quantitative estimate of drug-likeness (QED) is 0.818. The normalized spacial score (nSPS) is 13.1. The first-order valence-corrected chi connectivity index (χ1v) is 9.24. The molecule has 21 heavy (non-hydrogen) atoms. The van der Waals surface area contributed by atoms with E-state index in [-0.39, 0.29) is 10.9 Å². The molecule has 1 atom stereocenters. The van der Waals surface area contributed by atoms with Gasteiger partial charge in [-0.2, -0.15) is 0 Å². The Morgan fingerprint density at radius 3 is 1.90 bits per heavy atom. The molecule has 2 aromatic carbocycles. The number of halogens is 1. The standard InChI is InChI=1S/C16H18BrNO2S/c1-12-3-7-14(8-4-12)16(11-17)18-21(19,20)15-9-5-13(2)6-10-15/h3-10,16,18H,11H2,1-2H3. The lowest BCUT2D eigenvalue weighted by Crippen LogP contribution is -2.29. The number of alkyl halides is 1. The molecule has 0 saturated heterocycles. The van der Waals surface area contributed by atoms with Gasteiger partial charge < -0.3 is 0 Å². The van der Waals surface area contributed by atoms with Crippen LogP contribution in [0.5, 0.6) is 0 Å². The van der Waals surface area contributed by atoms with E-state index in [0.717, 1.165) is 16.7 Å². The minimum absolute atomic E-state index is 0.283. The van der Waals surface area contributed by atoms with Crippen molar-refractivity contribution in [1.82, 2.24) is 4.72 Å². The molecule has 0 fully saturated rings. The fourth-order valence-electron chi connectivity index (χ4n) is 1.96. The maximum atomic E-state index is 12.4. The zero-order chi connectivity index (χ0) is 15.5. The van der Waals surface area contributed by atoms with Crippen molar-refractivity contribution in [3.05, 3.63) is 65.2 Å². The monoisotopic (exact) mass is 367 g/mol. The third-order valence-corrected chi connectivity index (χ3v) is 5.40. The van der Waals surface area contributed by atoms with Gasteiger partial charge in [0.05, 0.1) is 10.9 Å². The predicted molar refractivity (Wildman–Crippen MR) is 89.2 cm³/mol. The maximum absolute atomic E-state index is 12.4. The van der Waals surface area contributed by atoms with E-state index < -0.39 is 10.0 Å². The Balaban J connectivity index is 2.24. The predicted octanol–water partition coefficient (Wildman–Crippen LogP) is 3.72. The Morgan fingerprint density at radius 2 is 1.43 bits per heavy atom. The van der Waals surface area contributed by atoms with Crippen LogP contribution >= 0.6 is 15.9 Å². The van der Waals surface area contributed by atoms with E-state index in [2.05, 4.69) is 20.7 Å². The van der Waals surface area contributed by atoms with Crippen molar-refractivity contribution in [2.75, 3.05) is 5.33 Å². The van der Waals surface area contributed by atoms with E-state index in [0.29, 0.717) is 5.33 Å². The van der Waals surface area contributed by atoms with Crippen LogP contribution in [0.4, 0.5) is 0 Å². The van der Waals surface area contributed by atoms with Gasteiger partial charge >= 0.3 is 0 Å². The first kappa shape index (κ1) is 16.2. The molecule has 0 saturated carbocycles. The molecule has 5 heteroatoms. The van der Waals surface area contributed by atoms with Crippen LogP contribution in [0.1, 0.15) is 22.7 Å². The topological polar surface area (TPSA) is 46.2 Å². The lowest BCUT2D eigenvalue weighted by atomic mass is 10.1. The van der Waals surface area contributed by atoms with Gasteiger partial charge in [0.1, 0.15) is 0 Å². The Bertz CT molecular complexity index is 694. The third kappa shape index (κ3) is 4.15. The minimum atomic E-state index is -3.53. The van der Waals surface area contributed by atoms with Crippen molar-refractivity contribution >= 4 is 26.0 Å². The molecule has 3 nitrogen and oxygen atoms in total. The molecule has 0 aliphatic heterocycles. The van der Waals surface area contributed by atoms with Crippen molar-refractivity contribution in [3.63, 3.8) is 0 Å². The van der Waals surface area contributed by atoms with Gasteiger partial charge in [0.25, 0.3) is 0 Å². The molecule has 0 aromatic heterocycles. The second kappa shape index (κ2) is 6.73. The van der Waals surface area contributed by atoms with Crippen molar-refractivity contribution in [2.24, 2.45) is 0 Å². The summed E-state index contributed by atoms with van der Waals surface area (Å²) in [6.07, 6.45) is 0. The first-order valence-electron chi connectivity index (χ1n) is 6.64. The summed E-state index contributed by atoms with van der Waals surface area (Å²) in [5.74, 6) is 0. The average Bonchev–Trinajstić information content (AvgIpc) is 2.46. The number of rotatable bonds is 5. The van der Waals surface area contributed by atoms with Crippen molar-refractivity contribution in [1.29, 1.82) is 0 Å². The van der Waals surface area contributed by atoms with Crippen LogP contribution in [-0.4, -0.2) is 13.7 Å². The number of hydrogen-bond acceptors (Lipinski definition) is 2. The lowest BCUT2D eigenvalue weighted by molar-refractivity contribution is 0.569. The van der Waals surface area contributed by atoms with Crippen molar-refractivity contribution < 1.29 is 8.42 Å². The van der Waals surface area contributed by atoms with Gasteiger partial charge in [0.15, 0.2) is 0 Å². The number of aryl methyl sites for hydroxylation is 2. The summed E-state index contributed by atoms with van der Waals surface area (Å²) in [7, 11) is -3.53. The zero-order valence-electron chi connectivity index (χ0n) is 12.0. The largest absolute Gasteiger partial charge is 0.241 e. The Kier molecular flexibility index (Phi) is 5.19. The van der Waals surface area contributed by atoms with Crippen LogP contribution in [0.2, 0.25) is 0 Å². The fourth-order valence-corrected chi connectivity index (χ4v) is 3.93. The lowest BCUT2D eigenvalue weighted by Gasteiger charge is -2.17. The van der Waals surface area contributed by atoms with Crippen molar-refractivity contribution in [2.45, 2.75) is 24.8 Å². The number of nitrogens with one attached hydrogen (secondary N) is 1. The molecule has 1 unspecified atom stereocenters. The molecule has 0 spiro atoms. The Morgan fingerprint density at radius 1 is 0.952 bits per heavy atom. The molecule has 0 bridgehead atoms. The fraction of sp³-hybridized carbons (Fsp3) is 0.250. The highest BCUT2D eigenvalue weighted by Gasteiger charge is 2.20. The van der Waals surface area contributed by atoms with Gasteiger partial charge in [-0.15, -0.1) is 0 Å². The van der Waals surface area contributed by atoms with E-state index in [4.69, 9.17) is 0 Å². The number of hydrogen-bond donors (Lipinski definition) is 1. The van der Waals surface area contributed by atoms with Crippen molar-refractivity contribution in [3.8, 4) is 0 Å². The van der Waals surface area contributed by atoms with Gasteiger partial charge in [0.2, 0.25) is 10.0 Å². The van der Waals surface area contributed by atoms with Crippen LogP contribution in [0.3, 0.4) is 0 Å². The second-order valence-electron chi connectivity index (χ2n) is 5.05. The van der Waals surface area contributed by atoms with E-state index in [1.165, 1.54) is 0 Å². The second-order valence-corrected chi connectivity index (χ2v) is 7.41. The molecule has 0 heterocycles. The van der Waals surface area contributed by atoms with Crippen LogP contribution in [-0.2, 0) is 10.0 Å². The summed E-state index contributed by atoms with van der Waals surface area (Å²) in [6, 6.07) is 14.4. The van der Waals surface area contributed by atoms with Gasteiger partial charge in [-0.3, -0.25) is 0 Å². The number of benzene rings is 2. The van der Waals surface area contributed by atoms with Gasteiger partial charge in [-0.1, -0.05) is 63.5 Å². The van der Waals surface area contributed by atoms with Crippen LogP contribution in [0.15, 0.2) is 53.4 Å². The highest BCUT2D eigenvalue weighted by molar-refractivity contribution is 9.09. The molecule has 112 valence electrons. The van der Waals surface area contributed by atoms with E-state index >= 15 is 0 Å². The summed E-state index contributed by atoms with van der Waals surface area (Å²) in [5.41, 5.74) is 3.12. The first-order chi connectivity index (χ1) is 9.92. The van der Waals surface area contributed by atoms with Crippen LogP contribution in [0, 0.1) is 13.8 Å². The molecular weight excluding hydrogens is 350 g/mol. The molecule has 0 radical (unpaired) electrons. The van der Waals surface area contributed by atoms with E-state index in [1.54, 1.807) is 24.3 Å². The van der Waals surface area contributed by atoms with E-state index in [9.17, 15) is 8.42 Å². The summed E-state index contributed by atoms with van der Waals surface area (Å²) in [5, 5.41) is 0.515. The molecule has 0 aliphatic rings. The molecule has 1 N–H and O–H groups in total. The van der Waals surface area contributed by atoms with Crippen LogP contribution < -0.4 is 4.72 Å². The average molecular weight is 368 g/mol.